The molecule has 1 atom stereocenters. The van der Waals surface area contributed by atoms with E-state index in [9.17, 15) is 5.11 Å². The summed E-state index contributed by atoms with van der Waals surface area (Å²) in [5, 5.41) is 9.58. The molecular weight excluding hydrogens is 216 g/mol. The Bertz CT molecular complexity index is 274. The molecule has 0 spiro atoms. The normalized spacial score (nSPS) is 12.6. The Hall–Kier alpha value is -0.900. The maximum absolute atomic E-state index is 9.58. The second kappa shape index (κ2) is 9.16. The molecule has 0 saturated heterocycles. The van der Waals surface area contributed by atoms with Crippen molar-refractivity contribution in [2.24, 2.45) is 0 Å². The Kier molecular flexibility index (Phi) is 7.63. The number of hydrogen-bond acceptors (Lipinski definition) is 3. The highest BCUT2D eigenvalue weighted by molar-refractivity contribution is 5.13. The molecule has 0 aliphatic rings. The lowest BCUT2D eigenvalue weighted by molar-refractivity contribution is -0.0237. The molecule has 0 radical (unpaired) electrons. The molecule has 1 aromatic carbocycles. The number of benzene rings is 1. The lowest BCUT2D eigenvalue weighted by Gasteiger charge is -2.11. The van der Waals surface area contributed by atoms with E-state index < -0.39 is 6.10 Å². The van der Waals surface area contributed by atoms with Crippen molar-refractivity contribution >= 4 is 0 Å². The van der Waals surface area contributed by atoms with Crippen molar-refractivity contribution < 1.29 is 14.6 Å². The van der Waals surface area contributed by atoms with E-state index in [-0.39, 0.29) is 0 Å². The second-order valence-electron chi connectivity index (χ2n) is 4.08. The third kappa shape index (κ3) is 7.10. The zero-order chi connectivity index (χ0) is 12.3. The van der Waals surface area contributed by atoms with Crippen molar-refractivity contribution in [1.82, 2.24) is 0 Å². The molecule has 0 aliphatic carbocycles. The highest BCUT2D eigenvalue weighted by Crippen LogP contribution is 2.01. The summed E-state index contributed by atoms with van der Waals surface area (Å²) in [5.41, 5.74) is 1.12. The van der Waals surface area contributed by atoms with Gasteiger partial charge in [0.2, 0.25) is 0 Å². The lowest BCUT2D eigenvalue weighted by atomic mass is 10.2. The summed E-state index contributed by atoms with van der Waals surface area (Å²) in [6, 6.07) is 9.93. The van der Waals surface area contributed by atoms with Crippen molar-refractivity contribution in [1.29, 1.82) is 0 Å². The van der Waals surface area contributed by atoms with E-state index in [2.05, 4.69) is 6.92 Å². The van der Waals surface area contributed by atoms with Crippen molar-refractivity contribution in [2.45, 2.75) is 32.5 Å². The van der Waals surface area contributed by atoms with Crippen LogP contribution in [0.25, 0.3) is 0 Å². The van der Waals surface area contributed by atoms with Gasteiger partial charge < -0.3 is 14.6 Å². The smallest absolute Gasteiger partial charge is 0.101 e. The van der Waals surface area contributed by atoms with Gasteiger partial charge in [0.15, 0.2) is 0 Å². The third-order valence-corrected chi connectivity index (χ3v) is 2.37. The Morgan fingerprint density at radius 2 is 1.82 bits per heavy atom. The molecule has 1 aromatic rings. The summed E-state index contributed by atoms with van der Waals surface area (Å²) in [6.07, 6.45) is 1.62. The van der Waals surface area contributed by atoms with Gasteiger partial charge in [-0.15, -0.1) is 0 Å². The number of aliphatic hydroxyl groups is 1. The van der Waals surface area contributed by atoms with Gasteiger partial charge in [0.05, 0.1) is 19.8 Å². The monoisotopic (exact) mass is 238 g/mol. The molecule has 0 aliphatic heterocycles. The van der Waals surface area contributed by atoms with Crippen LogP contribution in [-0.2, 0) is 16.1 Å². The van der Waals surface area contributed by atoms with E-state index in [1.165, 1.54) is 0 Å². The number of aliphatic hydroxyl groups excluding tert-OH is 1. The predicted octanol–water partition coefficient (Wildman–Crippen LogP) is 2.38. The van der Waals surface area contributed by atoms with Crippen LogP contribution >= 0.6 is 0 Å². The SMILES string of the molecule is CCCCOCC(O)COCc1ccccc1. The predicted molar refractivity (Wildman–Crippen MR) is 67.8 cm³/mol. The highest BCUT2D eigenvalue weighted by Gasteiger charge is 2.04. The molecule has 0 fully saturated rings. The Morgan fingerprint density at radius 3 is 2.53 bits per heavy atom. The van der Waals surface area contributed by atoms with Gasteiger partial charge in [-0.05, 0) is 12.0 Å². The maximum Gasteiger partial charge on any atom is 0.101 e. The standard InChI is InChI=1S/C14H22O3/c1-2-3-9-16-11-14(15)12-17-10-13-7-5-4-6-8-13/h4-8,14-15H,2-3,9-12H2,1H3. The van der Waals surface area contributed by atoms with Crippen LogP contribution < -0.4 is 0 Å². The Morgan fingerprint density at radius 1 is 1.12 bits per heavy atom. The van der Waals surface area contributed by atoms with Crippen LogP contribution in [0.1, 0.15) is 25.3 Å². The molecule has 1 N–H and O–H groups in total. The minimum atomic E-state index is -0.532. The summed E-state index contributed by atoms with van der Waals surface area (Å²) >= 11 is 0. The lowest BCUT2D eigenvalue weighted by Crippen LogP contribution is -2.21. The number of rotatable bonds is 9. The topological polar surface area (TPSA) is 38.7 Å². The summed E-state index contributed by atoms with van der Waals surface area (Å²) in [7, 11) is 0. The highest BCUT2D eigenvalue weighted by atomic mass is 16.5. The molecule has 1 unspecified atom stereocenters. The molecule has 0 amide bonds. The van der Waals surface area contributed by atoms with Crippen molar-refractivity contribution in [2.75, 3.05) is 19.8 Å². The van der Waals surface area contributed by atoms with Crippen LogP contribution in [0.4, 0.5) is 0 Å². The number of unbranched alkanes of at least 4 members (excludes halogenated alkanes) is 1. The van der Waals surface area contributed by atoms with Gasteiger partial charge >= 0.3 is 0 Å². The molecule has 0 aromatic heterocycles. The molecular formula is C14H22O3. The van der Waals surface area contributed by atoms with Crippen LogP contribution in [0.5, 0.6) is 0 Å². The first kappa shape index (κ1) is 14.2. The average molecular weight is 238 g/mol. The average Bonchev–Trinajstić information content (AvgIpc) is 2.36. The fourth-order valence-corrected chi connectivity index (χ4v) is 1.40. The largest absolute Gasteiger partial charge is 0.388 e. The molecule has 1 rings (SSSR count). The Labute approximate surface area is 103 Å². The zero-order valence-corrected chi connectivity index (χ0v) is 10.5. The second-order valence-corrected chi connectivity index (χ2v) is 4.08. The van der Waals surface area contributed by atoms with Crippen LogP contribution in [0, 0.1) is 0 Å². The summed E-state index contributed by atoms with van der Waals surface area (Å²) in [4.78, 5) is 0. The van der Waals surface area contributed by atoms with E-state index in [1.807, 2.05) is 30.3 Å². The number of ether oxygens (including phenoxy) is 2. The molecule has 3 heteroatoms. The van der Waals surface area contributed by atoms with Gasteiger partial charge in [0.1, 0.15) is 6.10 Å². The Balaban J connectivity index is 2.02. The van der Waals surface area contributed by atoms with Gasteiger partial charge in [-0.1, -0.05) is 43.7 Å². The van der Waals surface area contributed by atoms with E-state index in [1.54, 1.807) is 0 Å². The molecule has 0 saturated carbocycles. The van der Waals surface area contributed by atoms with Gasteiger partial charge in [0, 0.05) is 6.61 Å². The van der Waals surface area contributed by atoms with Crippen molar-refractivity contribution in [3.8, 4) is 0 Å². The van der Waals surface area contributed by atoms with Crippen LogP contribution in [0.3, 0.4) is 0 Å². The van der Waals surface area contributed by atoms with Gasteiger partial charge in [-0.2, -0.15) is 0 Å². The van der Waals surface area contributed by atoms with Crippen LogP contribution in [0.2, 0.25) is 0 Å². The first-order valence-electron chi connectivity index (χ1n) is 6.20. The fraction of sp³-hybridized carbons (Fsp3) is 0.571. The van der Waals surface area contributed by atoms with Gasteiger partial charge in [-0.25, -0.2) is 0 Å². The minimum Gasteiger partial charge on any atom is -0.388 e. The minimum absolute atomic E-state index is 0.320. The van der Waals surface area contributed by atoms with Crippen molar-refractivity contribution in [3.63, 3.8) is 0 Å². The molecule has 0 bridgehead atoms. The van der Waals surface area contributed by atoms with Crippen LogP contribution in [0.15, 0.2) is 30.3 Å². The van der Waals surface area contributed by atoms with E-state index >= 15 is 0 Å². The van der Waals surface area contributed by atoms with Crippen molar-refractivity contribution in [3.05, 3.63) is 35.9 Å². The summed E-state index contributed by atoms with van der Waals surface area (Å²) in [5.74, 6) is 0. The molecule has 3 nitrogen and oxygen atoms in total. The van der Waals surface area contributed by atoms with Crippen LogP contribution in [-0.4, -0.2) is 31.0 Å². The zero-order valence-electron chi connectivity index (χ0n) is 10.5. The fourth-order valence-electron chi connectivity index (χ4n) is 1.40. The molecule has 17 heavy (non-hydrogen) atoms. The van der Waals surface area contributed by atoms with E-state index in [0.29, 0.717) is 26.4 Å². The quantitative estimate of drug-likeness (QED) is 0.671. The summed E-state index contributed by atoms with van der Waals surface area (Å²) < 4.78 is 10.7. The van der Waals surface area contributed by atoms with Gasteiger partial charge in [-0.3, -0.25) is 0 Å². The van der Waals surface area contributed by atoms with E-state index in [4.69, 9.17) is 9.47 Å². The first-order valence-corrected chi connectivity index (χ1v) is 6.20. The maximum atomic E-state index is 9.58. The molecule has 0 heterocycles. The van der Waals surface area contributed by atoms with E-state index in [0.717, 1.165) is 18.4 Å². The summed E-state index contributed by atoms with van der Waals surface area (Å²) in [6.45, 7) is 4.04. The number of hydrogen-bond donors (Lipinski definition) is 1. The third-order valence-electron chi connectivity index (χ3n) is 2.37. The molecule has 96 valence electrons. The first-order chi connectivity index (χ1) is 8.33. The van der Waals surface area contributed by atoms with Gasteiger partial charge in [0.25, 0.3) is 0 Å².